The van der Waals surface area contributed by atoms with Gasteiger partial charge in [-0.15, -0.1) is 0 Å². The fourth-order valence-corrected chi connectivity index (χ4v) is 3.17. The molecule has 1 saturated carbocycles. The standard InChI is InChI=1S/C19H26N2O5/c1-2-26-14-10-8-13(9-11-14)18(23)20-12-17(22)21-16-7-5-3-4-6-15(16)19(24)25/h8-11,15-16H,2-7,12H2,1H3,(H,20,23)(H,21,22)(H,24,25)/t15-,16+/m1/s1. The van der Waals surface area contributed by atoms with Gasteiger partial charge >= 0.3 is 5.97 Å². The first kappa shape index (κ1) is 19.8. The first-order valence-electron chi connectivity index (χ1n) is 9.04. The minimum atomic E-state index is -0.879. The summed E-state index contributed by atoms with van der Waals surface area (Å²) in [6.45, 7) is 2.24. The lowest BCUT2D eigenvalue weighted by atomic mass is 9.95. The van der Waals surface area contributed by atoms with Crippen LogP contribution in [0.15, 0.2) is 24.3 Å². The Labute approximate surface area is 153 Å². The van der Waals surface area contributed by atoms with E-state index >= 15 is 0 Å². The number of carboxylic acids is 1. The van der Waals surface area contributed by atoms with Gasteiger partial charge in [-0.2, -0.15) is 0 Å². The predicted octanol–water partition coefficient (Wildman–Crippen LogP) is 1.96. The van der Waals surface area contributed by atoms with E-state index < -0.39 is 11.9 Å². The van der Waals surface area contributed by atoms with Crippen LogP contribution in [0.3, 0.4) is 0 Å². The fraction of sp³-hybridized carbons (Fsp3) is 0.526. The average molecular weight is 362 g/mol. The molecule has 3 N–H and O–H groups in total. The molecule has 1 aliphatic carbocycles. The summed E-state index contributed by atoms with van der Waals surface area (Å²) in [4.78, 5) is 35.6. The Kier molecular flexibility index (Phi) is 7.44. The Morgan fingerprint density at radius 2 is 1.81 bits per heavy atom. The third-order valence-corrected chi connectivity index (χ3v) is 4.52. The molecule has 0 spiro atoms. The van der Waals surface area contributed by atoms with Gasteiger partial charge in [0.25, 0.3) is 5.91 Å². The van der Waals surface area contributed by atoms with Crippen LogP contribution in [-0.4, -0.2) is 42.1 Å². The van der Waals surface area contributed by atoms with E-state index in [9.17, 15) is 19.5 Å². The molecule has 0 unspecified atom stereocenters. The van der Waals surface area contributed by atoms with Crippen molar-refractivity contribution >= 4 is 17.8 Å². The maximum Gasteiger partial charge on any atom is 0.308 e. The number of benzene rings is 1. The number of hydrogen-bond acceptors (Lipinski definition) is 4. The first-order chi connectivity index (χ1) is 12.5. The van der Waals surface area contributed by atoms with E-state index in [0.29, 0.717) is 30.8 Å². The minimum Gasteiger partial charge on any atom is -0.494 e. The van der Waals surface area contributed by atoms with E-state index in [4.69, 9.17) is 4.74 Å². The molecule has 26 heavy (non-hydrogen) atoms. The zero-order valence-corrected chi connectivity index (χ0v) is 15.0. The van der Waals surface area contributed by atoms with E-state index in [1.54, 1.807) is 24.3 Å². The number of hydrogen-bond donors (Lipinski definition) is 3. The lowest BCUT2D eigenvalue weighted by Gasteiger charge is -2.23. The third kappa shape index (κ3) is 5.75. The quantitative estimate of drug-likeness (QED) is 0.643. The highest BCUT2D eigenvalue weighted by molar-refractivity contribution is 5.96. The van der Waals surface area contributed by atoms with Crippen LogP contribution >= 0.6 is 0 Å². The van der Waals surface area contributed by atoms with Crippen LogP contribution in [0.25, 0.3) is 0 Å². The van der Waals surface area contributed by atoms with Crippen LogP contribution in [0, 0.1) is 5.92 Å². The first-order valence-corrected chi connectivity index (χ1v) is 9.04. The van der Waals surface area contributed by atoms with Gasteiger partial charge in [0.2, 0.25) is 5.91 Å². The summed E-state index contributed by atoms with van der Waals surface area (Å²) in [7, 11) is 0. The molecule has 0 bridgehead atoms. The molecule has 2 amide bonds. The highest BCUT2D eigenvalue weighted by Gasteiger charge is 2.30. The second-order valence-corrected chi connectivity index (χ2v) is 6.40. The van der Waals surface area contributed by atoms with Crippen LogP contribution in [0.2, 0.25) is 0 Å². The van der Waals surface area contributed by atoms with Crippen molar-refractivity contribution in [2.75, 3.05) is 13.2 Å². The summed E-state index contributed by atoms with van der Waals surface area (Å²) >= 11 is 0. The highest BCUT2D eigenvalue weighted by Crippen LogP contribution is 2.23. The molecule has 0 aromatic heterocycles. The van der Waals surface area contributed by atoms with Gasteiger partial charge in [0.05, 0.1) is 19.1 Å². The van der Waals surface area contributed by atoms with Gasteiger partial charge in [-0.1, -0.05) is 19.3 Å². The molecule has 142 valence electrons. The molecule has 0 radical (unpaired) electrons. The zero-order valence-electron chi connectivity index (χ0n) is 15.0. The van der Waals surface area contributed by atoms with Crippen LogP contribution in [0.4, 0.5) is 0 Å². The predicted molar refractivity (Wildman–Crippen MR) is 96.1 cm³/mol. The number of amides is 2. The number of carbonyl (C=O) groups is 3. The number of carboxylic acid groups (broad SMARTS) is 1. The Balaban J connectivity index is 1.84. The number of ether oxygens (including phenoxy) is 1. The van der Waals surface area contributed by atoms with E-state index in [1.807, 2.05) is 6.92 Å². The van der Waals surface area contributed by atoms with E-state index in [0.717, 1.165) is 19.3 Å². The fourth-order valence-electron chi connectivity index (χ4n) is 3.17. The van der Waals surface area contributed by atoms with E-state index in [-0.39, 0.29) is 24.4 Å². The molecule has 2 rings (SSSR count). The van der Waals surface area contributed by atoms with Crippen molar-refractivity contribution in [1.29, 1.82) is 0 Å². The largest absolute Gasteiger partial charge is 0.494 e. The van der Waals surface area contributed by atoms with Crippen molar-refractivity contribution in [3.8, 4) is 5.75 Å². The normalized spacial score (nSPS) is 19.9. The number of carbonyl (C=O) groups excluding carboxylic acids is 2. The van der Waals surface area contributed by atoms with Crippen LogP contribution in [0.1, 0.15) is 49.4 Å². The van der Waals surface area contributed by atoms with Gasteiger partial charge in [0, 0.05) is 11.6 Å². The molecule has 2 atom stereocenters. The lowest BCUT2D eigenvalue weighted by molar-refractivity contribution is -0.143. The molecule has 0 aliphatic heterocycles. The molecule has 7 heteroatoms. The van der Waals surface area contributed by atoms with Gasteiger partial charge in [-0.25, -0.2) is 0 Å². The monoisotopic (exact) mass is 362 g/mol. The SMILES string of the molecule is CCOc1ccc(C(=O)NCC(=O)N[C@H]2CCCCC[C@H]2C(=O)O)cc1. The topological polar surface area (TPSA) is 105 Å². The van der Waals surface area contributed by atoms with Crippen molar-refractivity contribution < 1.29 is 24.2 Å². The lowest BCUT2D eigenvalue weighted by Crippen LogP contribution is -2.46. The molecule has 7 nitrogen and oxygen atoms in total. The minimum absolute atomic E-state index is 0.186. The van der Waals surface area contributed by atoms with Crippen LogP contribution in [0.5, 0.6) is 5.75 Å². The van der Waals surface area contributed by atoms with Gasteiger partial charge in [0.1, 0.15) is 5.75 Å². The van der Waals surface area contributed by atoms with E-state index in [1.165, 1.54) is 0 Å². The number of nitrogens with one attached hydrogen (secondary N) is 2. The third-order valence-electron chi connectivity index (χ3n) is 4.52. The zero-order chi connectivity index (χ0) is 18.9. The van der Waals surface area contributed by atoms with Crippen molar-refractivity contribution in [2.24, 2.45) is 5.92 Å². The van der Waals surface area contributed by atoms with Crippen molar-refractivity contribution in [3.63, 3.8) is 0 Å². The smallest absolute Gasteiger partial charge is 0.308 e. The van der Waals surface area contributed by atoms with Gasteiger partial charge in [0.15, 0.2) is 0 Å². The maximum atomic E-state index is 12.1. The summed E-state index contributed by atoms with van der Waals surface area (Å²) in [6.07, 6.45) is 3.95. The van der Waals surface area contributed by atoms with Gasteiger partial charge < -0.3 is 20.5 Å². The molecule has 1 aromatic carbocycles. The van der Waals surface area contributed by atoms with Crippen molar-refractivity contribution in [2.45, 2.75) is 45.1 Å². The maximum absolute atomic E-state index is 12.1. The molecule has 1 fully saturated rings. The molecular weight excluding hydrogens is 336 g/mol. The summed E-state index contributed by atoms with van der Waals surface area (Å²) in [6, 6.07) is 6.27. The molecular formula is C19H26N2O5. The molecule has 0 saturated heterocycles. The highest BCUT2D eigenvalue weighted by atomic mass is 16.5. The van der Waals surface area contributed by atoms with Gasteiger partial charge in [-0.05, 0) is 44.0 Å². The van der Waals surface area contributed by atoms with E-state index in [2.05, 4.69) is 10.6 Å². The van der Waals surface area contributed by atoms with Crippen molar-refractivity contribution in [1.82, 2.24) is 10.6 Å². The molecule has 1 aromatic rings. The van der Waals surface area contributed by atoms with Crippen LogP contribution in [-0.2, 0) is 9.59 Å². The Morgan fingerprint density at radius 3 is 2.46 bits per heavy atom. The molecule has 0 heterocycles. The van der Waals surface area contributed by atoms with Crippen LogP contribution < -0.4 is 15.4 Å². The second kappa shape index (κ2) is 9.79. The summed E-state index contributed by atoms with van der Waals surface area (Å²) in [5.41, 5.74) is 0.430. The summed E-state index contributed by atoms with van der Waals surface area (Å²) < 4.78 is 5.32. The number of aliphatic carboxylic acids is 1. The van der Waals surface area contributed by atoms with Gasteiger partial charge in [-0.3, -0.25) is 14.4 Å². The van der Waals surface area contributed by atoms with Crippen molar-refractivity contribution in [3.05, 3.63) is 29.8 Å². The molecule has 1 aliphatic rings. The summed E-state index contributed by atoms with van der Waals surface area (Å²) in [5, 5.41) is 14.7. The second-order valence-electron chi connectivity index (χ2n) is 6.40. The Bertz CT molecular complexity index is 629. The average Bonchev–Trinajstić information content (AvgIpc) is 2.86. The number of rotatable bonds is 7. The Morgan fingerprint density at radius 1 is 1.12 bits per heavy atom. The Hall–Kier alpha value is -2.57. The summed E-state index contributed by atoms with van der Waals surface area (Å²) in [5.74, 6) is -1.50.